The molecule has 1 N–H and O–H groups in total. The van der Waals surface area contributed by atoms with E-state index in [1.807, 2.05) is 20.8 Å². The van der Waals surface area contributed by atoms with Crippen LogP contribution in [0.15, 0.2) is 6.07 Å². The van der Waals surface area contributed by atoms with E-state index in [1.54, 1.807) is 6.07 Å². The predicted octanol–water partition coefficient (Wildman–Crippen LogP) is 3.07. The van der Waals surface area contributed by atoms with E-state index >= 15 is 0 Å². The van der Waals surface area contributed by atoms with Crippen LogP contribution in [0.4, 0.5) is 10.6 Å². The molecule has 1 aliphatic rings. The average molecular weight is 369 g/mol. The minimum Gasteiger partial charge on any atom is -0.444 e. The monoisotopic (exact) mass is 368 g/mol. The Kier molecular flexibility index (Phi) is 6.21. The van der Waals surface area contributed by atoms with Gasteiger partial charge in [-0.15, -0.1) is 0 Å². The molecule has 25 heavy (non-hydrogen) atoms. The Morgan fingerprint density at radius 1 is 1.32 bits per heavy atom. The second kappa shape index (κ2) is 7.99. The number of Topliss-reactive ketones (excluding diaryl/α,β-unsaturated/α-hetero) is 1. The van der Waals surface area contributed by atoms with Crippen LogP contribution in [-0.4, -0.2) is 47.1 Å². The molecule has 0 atom stereocenters. The number of amides is 1. The SMILES string of the molecule is CC(=O)c1cc(N2CCC(CNC(=O)OC(C)(C)C)CC2)nc(Cl)n1. The lowest BCUT2D eigenvalue weighted by Crippen LogP contribution is -2.40. The summed E-state index contributed by atoms with van der Waals surface area (Å²) in [5.74, 6) is 0.916. The highest BCUT2D eigenvalue weighted by Crippen LogP contribution is 2.23. The van der Waals surface area contributed by atoms with Gasteiger partial charge < -0.3 is 15.0 Å². The van der Waals surface area contributed by atoms with Gasteiger partial charge in [0.05, 0.1) is 0 Å². The van der Waals surface area contributed by atoms with Gasteiger partial charge in [0, 0.05) is 32.6 Å². The summed E-state index contributed by atoms with van der Waals surface area (Å²) < 4.78 is 5.24. The summed E-state index contributed by atoms with van der Waals surface area (Å²) in [7, 11) is 0. The molecule has 1 aromatic heterocycles. The number of aromatic nitrogens is 2. The number of carbonyl (C=O) groups excluding carboxylic acids is 2. The van der Waals surface area contributed by atoms with Crippen molar-refractivity contribution in [2.75, 3.05) is 24.5 Å². The highest BCUT2D eigenvalue weighted by Gasteiger charge is 2.23. The predicted molar refractivity (Wildman–Crippen MR) is 96.2 cm³/mol. The molecule has 0 spiro atoms. The van der Waals surface area contributed by atoms with Gasteiger partial charge in [-0.25, -0.2) is 14.8 Å². The van der Waals surface area contributed by atoms with Crippen molar-refractivity contribution in [1.29, 1.82) is 0 Å². The molecule has 138 valence electrons. The Morgan fingerprint density at radius 2 is 1.96 bits per heavy atom. The third-order valence-corrected chi connectivity index (χ3v) is 4.09. The molecule has 0 radical (unpaired) electrons. The maximum Gasteiger partial charge on any atom is 0.407 e. The summed E-state index contributed by atoms with van der Waals surface area (Å²) in [6.07, 6.45) is 1.43. The lowest BCUT2D eigenvalue weighted by atomic mass is 9.97. The minimum atomic E-state index is -0.492. The summed E-state index contributed by atoms with van der Waals surface area (Å²) in [6.45, 7) is 9.13. The fraction of sp³-hybridized carbons (Fsp3) is 0.647. The van der Waals surface area contributed by atoms with E-state index in [-0.39, 0.29) is 17.2 Å². The number of halogens is 1. The van der Waals surface area contributed by atoms with Crippen molar-refractivity contribution in [2.45, 2.75) is 46.1 Å². The molecule has 0 unspecified atom stereocenters. The number of anilines is 1. The van der Waals surface area contributed by atoms with E-state index in [4.69, 9.17) is 16.3 Å². The number of piperidine rings is 1. The fourth-order valence-electron chi connectivity index (χ4n) is 2.66. The third-order valence-electron chi connectivity index (χ3n) is 3.92. The van der Waals surface area contributed by atoms with Crippen molar-refractivity contribution in [3.05, 3.63) is 17.0 Å². The second-order valence-electron chi connectivity index (χ2n) is 7.25. The number of hydrogen-bond donors (Lipinski definition) is 1. The Hall–Kier alpha value is -1.89. The highest BCUT2D eigenvalue weighted by atomic mass is 35.5. The molecule has 7 nitrogen and oxygen atoms in total. The molecular weight excluding hydrogens is 344 g/mol. The summed E-state index contributed by atoms with van der Waals surface area (Å²) in [5, 5.41) is 2.91. The largest absolute Gasteiger partial charge is 0.444 e. The zero-order valence-electron chi connectivity index (χ0n) is 15.1. The van der Waals surface area contributed by atoms with Crippen molar-refractivity contribution in [2.24, 2.45) is 5.92 Å². The van der Waals surface area contributed by atoms with Crippen molar-refractivity contribution < 1.29 is 14.3 Å². The smallest absolute Gasteiger partial charge is 0.407 e. The quantitative estimate of drug-likeness (QED) is 0.649. The first kappa shape index (κ1) is 19.4. The van der Waals surface area contributed by atoms with Gasteiger partial charge in [0.1, 0.15) is 17.1 Å². The summed E-state index contributed by atoms with van der Waals surface area (Å²) >= 11 is 5.92. The summed E-state index contributed by atoms with van der Waals surface area (Å²) in [4.78, 5) is 33.5. The zero-order chi connectivity index (χ0) is 18.6. The molecule has 1 aromatic rings. The van der Waals surface area contributed by atoms with Crippen LogP contribution in [0.3, 0.4) is 0 Å². The Bertz CT molecular complexity index is 637. The molecule has 8 heteroatoms. The Morgan fingerprint density at radius 3 is 2.52 bits per heavy atom. The first-order valence-corrected chi connectivity index (χ1v) is 8.79. The minimum absolute atomic E-state index is 0.0800. The van der Waals surface area contributed by atoms with Crippen molar-refractivity contribution in [1.82, 2.24) is 15.3 Å². The van der Waals surface area contributed by atoms with Crippen LogP contribution in [0, 0.1) is 5.92 Å². The van der Waals surface area contributed by atoms with Crippen LogP contribution < -0.4 is 10.2 Å². The maximum atomic E-state index is 11.7. The van der Waals surface area contributed by atoms with E-state index in [0.717, 1.165) is 25.9 Å². The number of nitrogens with zero attached hydrogens (tertiary/aromatic N) is 3. The molecule has 1 fully saturated rings. The van der Waals surface area contributed by atoms with Gasteiger partial charge in [0.15, 0.2) is 5.78 Å². The Balaban J connectivity index is 1.86. The van der Waals surface area contributed by atoms with Crippen molar-refractivity contribution >= 4 is 29.3 Å². The molecule has 0 bridgehead atoms. The number of ketones is 1. The van der Waals surface area contributed by atoms with Crippen LogP contribution in [0.1, 0.15) is 51.0 Å². The summed E-state index contributed by atoms with van der Waals surface area (Å²) in [6, 6.07) is 1.67. The number of rotatable bonds is 4. The molecule has 1 saturated heterocycles. The van der Waals surface area contributed by atoms with Gasteiger partial charge in [-0.05, 0) is 51.1 Å². The lowest BCUT2D eigenvalue weighted by molar-refractivity contribution is 0.0516. The van der Waals surface area contributed by atoms with E-state index < -0.39 is 5.60 Å². The van der Waals surface area contributed by atoms with E-state index in [0.29, 0.717) is 24.0 Å². The number of carbonyl (C=O) groups is 2. The third kappa shape index (κ3) is 6.16. The number of nitrogens with one attached hydrogen (secondary N) is 1. The van der Waals surface area contributed by atoms with Crippen LogP contribution in [0.25, 0.3) is 0 Å². The van der Waals surface area contributed by atoms with Crippen LogP contribution in [-0.2, 0) is 4.74 Å². The van der Waals surface area contributed by atoms with Crippen molar-refractivity contribution in [3.8, 4) is 0 Å². The number of alkyl carbamates (subject to hydrolysis) is 1. The van der Waals surface area contributed by atoms with Gasteiger partial charge in [0.25, 0.3) is 0 Å². The topological polar surface area (TPSA) is 84.4 Å². The number of ether oxygens (including phenoxy) is 1. The first-order valence-electron chi connectivity index (χ1n) is 8.41. The fourth-order valence-corrected chi connectivity index (χ4v) is 2.83. The van der Waals surface area contributed by atoms with E-state index in [9.17, 15) is 9.59 Å². The highest BCUT2D eigenvalue weighted by molar-refractivity contribution is 6.28. The normalized spacial score (nSPS) is 15.8. The first-order chi connectivity index (χ1) is 11.6. The molecule has 1 amide bonds. The lowest BCUT2D eigenvalue weighted by Gasteiger charge is -2.33. The molecular formula is C17H25ClN4O3. The van der Waals surface area contributed by atoms with Crippen LogP contribution in [0.2, 0.25) is 5.28 Å². The second-order valence-corrected chi connectivity index (χ2v) is 7.59. The zero-order valence-corrected chi connectivity index (χ0v) is 15.9. The maximum absolute atomic E-state index is 11.7. The molecule has 1 aliphatic heterocycles. The van der Waals surface area contributed by atoms with Gasteiger partial charge in [-0.2, -0.15) is 0 Å². The van der Waals surface area contributed by atoms with Crippen LogP contribution in [0.5, 0.6) is 0 Å². The summed E-state index contributed by atoms with van der Waals surface area (Å²) in [5.41, 5.74) is -0.169. The molecule has 0 aromatic carbocycles. The van der Waals surface area contributed by atoms with Crippen LogP contribution >= 0.6 is 11.6 Å². The molecule has 2 heterocycles. The van der Waals surface area contributed by atoms with Gasteiger partial charge in [-0.3, -0.25) is 4.79 Å². The standard InChI is InChI=1S/C17H25ClN4O3/c1-11(23)13-9-14(21-15(18)20-13)22-7-5-12(6-8-22)10-19-16(24)25-17(2,3)4/h9,12H,5-8,10H2,1-4H3,(H,19,24). The Labute approximate surface area is 153 Å². The average Bonchev–Trinajstić information content (AvgIpc) is 2.51. The molecule has 0 saturated carbocycles. The molecule has 2 rings (SSSR count). The number of hydrogen-bond acceptors (Lipinski definition) is 6. The van der Waals surface area contributed by atoms with Gasteiger partial charge in [-0.1, -0.05) is 0 Å². The van der Waals surface area contributed by atoms with Crippen molar-refractivity contribution in [3.63, 3.8) is 0 Å². The van der Waals surface area contributed by atoms with E-state index in [1.165, 1.54) is 6.92 Å². The van der Waals surface area contributed by atoms with Gasteiger partial charge >= 0.3 is 6.09 Å². The van der Waals surface area contributed by atoms with E-state index in [2.05, 4.69) is 20.2 Å². The molecule has 0 aliphatic carbocycles. The van der Waals surface area contributed by atoms with Gasteiger partial charge in [0.2, 0.25) is 5.28 Å².